The Morgan fingerprint density at radius 1 is 1.33 bits per heavy atom. The second kappa shape index (κ2) is 3.13. The van der Waals surface area contributed by atoms with Crippen LogP contribution in [0.3, 0.4) is 0 Å². The molecule has 2 heteroatoms. The van der Waals surface area contributed by atoms with Gasteiger partial charge in [-0.25, -0.2) is 0 Å². The van der Waals surface area contributed by atoms with Gasteiger partial charge in [0.05, 0.1) is 5.57 Å². The lowest BCUT2D eigenvalue weighted by Crippen LogP contribution is -2.01. The number of aliphatic hydroxyl groups excluding tert-OH is 1. The van der Waals surface area contributed by atoms with Crippen molar-refractivity contribution in [3.05, 3.63) is 60.8 Å². The second-order valence-electron chi connectivity index (χ2n) is 2.28. The van der Waals surface area contributed by atoms with E-state index in [1.807, 2.05) is 0 Å². The third-order valence-corrected chi connectivity index (χ3v) is 1.47. The Kier molecular flexibility index (Phi) is 2.19. The Morgan fingerprint density at radius 3 is 2.50 bits per heavy atom. The van der Waals surface area contributed by atoms with E-state index in [2.05, 4.69) is 19.7 Å². The summed E-state index contributed by atoms with van der Waals surface area (Å²) < 4.78 is 5.17. The average Bonchev–Trinajstić information content (AvgIpc) is 2.03. The third-order valence-electron chi connectivity index (χ3n) is 1.47. The van der Waals surface area contributed by atoms with Crippen molar-refractivity contribution in [1.82, 2.24) is 0 Å². The maximum absolute atomic E-state index is 9.38. The maximum Gasteiger partial charge on any atom is 0.137 e. The molecule has 0 aromatic heterocycles. The van der Waals surface area contributed by atoms with Crippen LogP contribution in [-0.2, 0) is 4.74 Å². The van der Waals surface area contributed by atoms with Crippen LogP contribution in [0.2, 0.25) is 0 Å². The first-order valence-corrected chi connectivity index (χ1v) is 3.46. The van der Waals surface area contributed by atoms with Crippen molar-refractivity contribution in [3.8, 4) is 0 Å². The van der Waals surface area contributed by atoms with E-state index in [1.54, 1.807) is 0 Å². The maximum atomic E-state index is 9.38. The van der Waals surface area contributed by atoms with Crippen molar-refractivity contribution in [2.75, 3.05) is 0 Å². The molecule has 1 N–H and O–H groups in total. The van der Waals surface area contributed by atoms with E-state index in [0.717, 1.165) is 0 Å². The molecule has 0 aromatic carbocycles. The van der Waals surface area contributed by atoms with Crippen molar-refractivity contribution in [3.63, 3.8) is 0 Å². The number of hydrogen-bond acceptors (Lipinski definition) is 2. The predicted molar refractivity (Wildman–Crippen MR) is 48.4 cm³/mol. The SMILES string of the molecule is C=CC1=C(C=C)C(O)=CC(=C)O1. The van der Waals surface area contributed by atoms with Gasteiger partial charge < -0.3 is 9.84 Å². The van der Waals surface area contributed by atoms with Gasteiger partial charge in [0.1, 0.15) is 17.3 Å². The zero-order chi connectivity index (χ0) is 9.14. The van der Waals surface area contributed by atoms with Crippen LogP contribution in [0.25, 0.3) is 0 Å². The van der Waals surface area contributed by atoms with Crippen molar-refractivity contribution < 1.29 is 9.84 Å². The van der Waals surface area contributed by atoms with E-state index in [-0.39, 0.29) is 5.76 Å². The van der Waals surface area contributed by atoms with Crippen LogP contribution in [0.15, 0.2) is 60.8 Å². The van der Waals surface area contributed by atoms with E-state index in [9.17, 15) is 5.11 Å². The summed E-state index contributed by atoms with van der Waals surface area (Å²) in [5.74, 6) is 0.985. The molecule has 0 aliphatic carbocycles. The number of rotatable bonds is 2. The van der Waals surface area contributed by atoms with Crippen LogP contribution in [0.1, 0.15) is 0 Å². The molecule has 0 amide bonds. The number of allylic oxidation sites excluding steroid dienone is 3. The number of ether oxygens (including phenoxy) is 1. The van der Waals surface area contributed by atoms with Gasteiger partial charge in [-0.05, 0) is 6.08 Å². The highest BCUT2D eigenvalue weighted by molar-refractivity contribution is 5.45. The second-order valence-corrected chi connectivity index (χ2v) is 2.28. The monoisotopic (exact) mass is 162 g/mol. The molecule has 1 aliphatic heterocycles. The van der Waals surface area contributed by atoms with Gasteiger partial charge in [0, 0.05) is 6.08 Å². The largest absolute Gasteiger partial charge is 0.507 e. The molecule has 0 saturated heterocycles. The van der Waals surface area contributed by atoms with Crippen LogP contribution in [0.5, 0.6) is 0 Å². The minimum Gasteiger partial charge on any atom is -0.507 e. The molecule has 1 aliphatic rings. The fourth-order valence-electron chi connectivity index (χ4n) is 0.939. The first-order valence-electron chi connectivity index (χ1n) is 3.46. The van der Waals surface area contributed by atoms with Gasteiger partial charge in [0.15, 0.2) is 0 Å². The Bertz CT molecular complexity index is 306. The van der Waals surface area contributed by atoms with Gasteiger partial charge in [-0.3, -0.25) is 0 Å². The Hall–Kier alpha value is -1.70. The van der Waals surface area contributed by atoms with E-state index >= 15 is 0 Å². The molecule has 0 spiro atoms. The first-order chi connectivity index (χ1) is 5.69. The molecular formula is C10H10O2. The summed E-state index contributed by atoms with van der Waals surface area (Å²) in [7, 11) is 0. The van der Waals surface area contributed by atoms with Crippen LogP contribution >= 0.6 is 0 Å². The van der Waals surface area contributed by atoms with Crippen LogP contribution in [0, 0.1) is 0 Å². The smallest absolute Gasteiger partial charge is 0.137 e. The quantitative estimate of drug-likeness (QED) is 0.676. The molecule has 0 aromatic rings. The fourth-order valence-corrected chi connectivity index (χ4v) is 0.939. The average molecular weight is 162 g/mol. The zero-order valence-electron chi connectivity index (χ0n) is 6.71. The van der Waals surface area contributed by atoms with Gasteiger partial charge >= 0.3 is 0 Å². The van der Waals surface area contributed by atoms with Gasteiger partial charge in [-0.15, -0.1) is 0 Å². The van der Waals surface area contributed by atoms with Crippen molar-refractivity contribution in [1.29, 1.82) is 0 Å². The summed E-state index contributed by atoms with van der Waals surface area (Å²) in [6, 6.07) is 0. The highest BCUT2D eigenvalue weighted by Crippen LogP contribution is 2.24. The van der Waals surface area contributed by atoms with E-state index in [1.165, 1.54) is 18.2 Å². The molecule has 0 bridgehead atoms. The normalized spacial score (nSPS) is 16.7. The van der Waals surface area contributed by atoms with E-state index in [0.29, 0.717) is 17.1 Å². The standard InChI is InChI=1S/C10H10O2/c1-4-8-9(11)6-7(3)12-10(8)5-2/h4-6,11H,1-3H2. The number of aliphatic hydroxyl groups is 1. The molecule has 0 radical (unpaired) electrons. The first kappa shape index (κ1) is 8.40. The van der Waals surface area contributed by atoms with Gasteiger partial charge in [-0.1, -0.05) is 25.8 Å². The Balaban J connectivity index is 3.18. The highest BCUT2D eigenvalue weighted by atomic mass is 16.5. The predicted octanol–water partition coefficient (Wildman–Crippen LogP) is 2.60. The molecule has 62 valence electrons. The summed E-state index contributed by atoms with van der Waals surface area (Å²) in [6.07, 6.45) is 4.45. The summed E-state index contributed by atoms with van der Waals surface area (Å²) in [4.78, 5) is 0. The van der Waals surface area contributed by atoms with E-state index in [4.69, 9.17) is 4.74 Å². The Morgan fingerprint density at radius 2 is 2.00 bits per heavy atom. The lowest BCUT2D eigenvalue weighted by atomic mass is 10.1. The topological polar surface area (TPSA) is 29.5 Å². The highest BCUT2D eigenvalue weighted by Gasteiger charge is 2.13. The molecule has 2 nitrogen and oxygen atoms in total. The third kappa shape index (κ3) is 1.32. The lowest BCUT2D eigenvalue weighted by molar-refractivity contribution is 0.310. The van der Waals surface area contributed by atoms with Crippen LogP contribution < -0.4 is 0 Å². The summed E-state index contributed by atoms with van der Waals surface area (Å²) >= 11 is 0. The van der Waals surface area contributed by atoms with Gasteiger partial charge in [-0.2, -0.15) is 0 Å². The van der Waals surface area contributed by atoms with Gasteiger partial charge in [0.2, 0.25) is 0 Å². The molecule has 0 saturated carbocycles. The number of hydrogen-bond donors (Lipinski definition) is 1. The lowest BCUT2D eigenvalue weighted by Gasteiger charge is -2.15. The van der Waals surface area contributed by atoms with Gasteiger partial charge in [0.25, 0.3) is 0 Å². The fraction of sp³-hybridized carbons (Fsp3) is 0. The minimum absolute atomic E-state index is 0.108. The van der Waals surface area contributed by atoms with E-state index < -0.39 is 0 Å². The van der Waals surface area contributed by atoms with Crippen LogP contribution in [-0.4, -0.2) is 5.11 Å². The molecule has 12 heavy (non-hydrogen) atoms. The Labute approximate surface area is 71.5 Å². The minimum atomic E-state index is 0.108. The molecule has 1 rings (SSSR count). The molecule has 0 fully saturated rings. The van der Waals surface area contributed by atoms with Crippen molar-refractivity contribution in [2.45, 2.75) is 0 Å². The summed E-state index contributed by atoms with van der Waals surface area (Å²) in [5, 5.41) is 9.38. The molecule has 0 atom stereocenters. The summed E-state index contributed by atoms with van der Waals surface area (Å²) in [5.41, 5.74) is 0.539. The van der Waals surface area contributed by atoms with Crippen molar-refractivity contribution >= 4 is 0 Å². The molecular weight excluding hydrogens is 152 g/mol. The summed E-state index contributed by atoms with van der Waals surface area (Å²) in [6.45, 7) is 10.6. The molecule has 0 unspecified atom stereocenters. The molecule has 1 heterocycles. The van der Waals surface area contributed by atoms with Crippen LogP contribution in [0.4, 0.5) is 0 Å². The van der Waals surface area contributed by atoms with Crippen molar-refractivity contribution in [2.24, 2.45) is 0 Å². The zero-order valence-corrected chi connectivity index (χ0v) is 6.71.